The fourth-order valence-electron chi connectivity index (χ4n) is 3.34. The first-order valence-corrected chi connectivity index (χ1v) is 9.93. The number of hydrogen-bond acceptors (Lipinski definition) is 6. The molecule has 0 N–H and O–H groups in total. The van der Waals surface area contributed by atoms with Gasteiger partial charge in [0.1, 0.15) is 18.5 Å². The summed E-state index contributed by atoms with van der Waals surface area (Å²) in [7, 11) is 0. The largest absolute Gasteiger partial charge is 0.470 e. The molecular formula is C21H22F4N4O2. The Labute approximate surface area is 177 Å². The van der Waals surface area contributed by atoms with E-state index in [0.29, 0.717) is 12.5 Å². The molecule has 1 aliphatic heterocycles. The van der Waals surface area contributed by atoms with E-state index in [1.54, 1.807) is 0 Å². The molecule has 0 amide bonds. The minimum atomic E-state index is -4.79. The van der Waals surface area contributed by atoms with Crippen LogP contribution in [0.3, 0.4) is 0 Å². The molecule has 2 aromatic rings. The van der Waals surface area contributed by atoms with Gasteiger partial charge in [0, 0.05) is 37.5 Å². The first kappa shape index (κ1) is 22.7. The predicted molar refractivity (Wildman–Crippen MR) is 103 cm³/mol. The Morgan fingerprint density at radius 1 is 1.13 bits per heavy atom. The van der Waals surface area contributed by atoms with Gasteiger partial charge in [-0.2, -0.15) is 18.4 Å². The van der Waals surface area contributed by atoms with Crippen LogP contribution in [-0.2, 0) is 12.8 Å². The Morgan fingerprint density at radius 2 is 1.84 bits per heavy atom. The lowest BCUT2D eigenvalue weighted by atomic mass is 10.1. The van der Waals surface area contributed by atoms with Crippen molar-refractivity contribution in [3.8, 4) is 17.8 Å². The summed E-state index contributed by atoms with van der Waals surface area (Å²) in [4.78, 5) is 10.4. The summed E-state index contributed by atoms with van der Waals surface area (Å²) >= 11 is 0. The third-order valence-corrected chi connectivity index (χ3v) is 4.96. The highest BCUT2D eigenvalue weighted by molar-refractivity contribution is 5.29. The summed E-state index contributed by atoms with van der Waals surface area (Å²) in [6.07, 6.45) is 0.753. The molecule has 0 aliphatic carbocycles. The molecule has 1 aromatic carbocycles. The number of piperidine rings is 1. The summed E-state index contributed by atoms with van der Waals surface area (Å²) in [5, 5.41) is 8.62. The van der Waals surface area contributed by atoms with Crippen LogP contribution in [0.1, 0.15) is 36.8 Å². The lowest BCUT2D eigenvalue weighted by molar-refractivity contribution is -0.140. The van der Waals surface area contributed by atoms with E-state index in [4.69, 9.17) is 14.7 Å². The second kappa shape index (κ2) is 10.4. The summed E-state index contributed by atoms with van der Waals surface area (Å²) in [6, 6.07) is 5.17. The van der Waals surface area contributed by atoms with E-state index in [1.165, 1.54) is 18.5 Å². The van der Waals surface area contributed by atoms with Gasteiger partial charge in [-0.05, 0) is 31.9 Å². The second-order valence-corrected chi connectivity index (χ2v) is 7.15. The molecule has 1 aliphatic rings. The van der Waals surface area contributed by atoms with E-state index < -0.39 is 24.2 Å². The number of ether oxygens (including phenoxy) is 2. The SMILES string of the molecule is N#CCCCN1CCC(Oc2nccnc2OCc2cccc(C(F)(F)F)c2F)CC1. The smallest absolute Gasteiger partial charge is 0.419 e. The van der Waals surface area contributed by atoms with Crippen molar-refractivity contribution < 1.29 is 27.0 Å². The maximum atomic E-state index is 14.2. The molecule has 0 radical (unpaired) electrons. The quantitative estimate of drug-likeness (QED) is 0.451. The number of alkyl halides is 3. The zero-order chi connectivity index (χ0) is 22.3. The molecule has 0 bridgehead atoms. The van der Waals surface area contributed by atoms with Crippen molar-refractivity contribution in [1.82, 2.24) is 14.9 Å². The summed E-state index contributed by atoms with van der Waals surface area (Å²) in [6.45, 7) is 2.06. The molecule has 10 heteroatoms. The molecular weight excluding hydrogens is 416 g/mol. The Bertz CT molecular complexity index is 909. The molecule has 0 saturated carbocycles. The number of likely N-dealkylation sites (tertiary alicyclic amines) is 1. The van der Waals surface area contributed by atoms with E-state index in [-0.39, 0.29) is 23.4 Å². The van der Waals surface area contributed by atoms with Gasteiger partial charge >= 0.3 is 6.18 Å². The molecule has 3 rings (SSSR count). The van der Waals surface area contributed by atoms with E-state index in [2.05, 4.69) is 20.9 Å². The average molecular weight is 438 g/mol. The van der Waals surface area contributed by atoms with Crippen molar-refractivity contribution in [2.24, 2.45) is 0 Å². The topological polar surface area (TPSA) is 71.3 Å². The van der Waals surface area contributed by atoms with Crippen molar-refractivity contribution in [3.63, 3.8) is 0 Å². The molecule has 31 heavy (non-hydrogen) atoms. The van der Waals surface area contributed by atoms with Gasteiger partial charge in [0.25, 0.3) is 11.8 Å². The molecule has 0 spiro atoms. The normalized spacial score (nSPS) is 15.5. The molecule has 1 fully saturated rings. The lowest BCUT2D eigenvalue weighted by Crippen LogP contribution is -2.38. The molecule has 1 saturated heterocycles. The number of aromatic nitrogens is 2. The van der Waals surface area contributed by atoms with Gasteiger partial charge in [-0.15, -0.1) is 0 Å². The molecule has 0 unspecified atom stereocenters. The number of nitriles is 1. The van der Waals surface area contributed by atoms with Crippen molar-refractivity contribution >= 4 is 0 Å². The monoisotopic (exact) mass is 438 g/mol. The number of unbranched alkanes of at least 4 members (excludes halogenated alkanes) is 1. The number of benzene rings is 1. The molecule has 0 atom stereocenters. The summed E-state index contributed by atoms with van der Waals surface area (Å²) < 4.78 is 64.2. The van der Waals surface area contributed by atoms with Gasteiger partial charge in [0.2, 0.25) is 0 Å². The van der Waals surface area contributed by atoms with Crippen LogP contribution >= 0.6 is 0 Å². The molecule has 166 valence electrons. The van der Waals surface area contributed by atoms with Crippen molar-refractivity contribution in [2.45, 2.75) is 44.6 Å². The second-order valence-electron chi connectivity index (χ2n) is 7.15. The summed E-state index contributed by atoms with van der Waals surface area (Å²) in [5.41, 5.74) is -1.58. The van der Waals surface area contributed by atoms with E-state index in [9.17, 15) is 17.6 Å². The first-order valence-electron chi connectivity index (χ1n) is 9.93. The highest BCUT2D eigenvalue weighted by Gasteiger charge is 2.35. The number of rotatable bonds is 8. The maximum Gasteiger partial charge on any atom is 0.419 e. The minimum absolute atomic E-state index is 0.00392. The van der Waals surface area contributed by atoms with Crippen molar-refractivity contribution in [3.05, 3.63) is 47.5 Å². The van der Waals surface area contributed by atoms with Crippen LogP contribution in [-0.4, -0.2) is 40.6 Å². The van der Waals surface area contributed by atoms with Crippen molar-refractivity contribution in [2.75, 3.05) is 19.6 Å². The van der Waals surface area contributed by atoms with Gasteiger partial charge < -0.3 is 14.4 Å². The van der Waals surface area contributed by atoms with Gasteiger partial charge in [0.15, 0.2) is 0 Å². The molecule has 2 heterocycles. The highest BCUT2D eigenvalue weighted by atomic mass is 19.4. The van der Waals surface area contributed by atoms with E-state index in [0.717, 1.165) is 45.0 Å². The van der Waals surface area contributed by atoms with Crippen LogP contribution in [0.4, 0.5) is 17.6 Å². The fraction of sp³-hybridized carbons (Fsp3) is 0.476. The number of hydrogen-bond donors (Lipinski definition) is 0. The zero-order valence-corrected chi connectivity index (χ0v) is 16.7. The van der Waals surface area contributed by atoms with E-state index in [1.807, 2.05) is 0 Å². The highest BCUT2D eigenvalue weighted by Crippen LogP contribution is 2.33. The predicted octanol–water partition coefficient (Wildman–Crippen LogP) is 4.36. The minimum Gasteiger partial charge on any atom is -0.470 e. The first-order chi connectivity index (χ1) is 14.9. The third-order valence-electron chi connectivity index (χ3n) is 4.96. The molecule has 1 aromatic heterocycles. The summed E-state index contributed by atoms with van der Waals surface area (Å²) in [5.74, 6) is -1.25. The Hall–Kier alpha value is -2.93. The van der Waals surface area contributed by atoms with Gasteiger partial charge in [-0.1, -0.05) is 12.1 Å². The molecule has 6 nitrogen and oxygen atoms in total. The Balaban J connectivity index is 1.59. The van der Waals surface area contributed by atoms with Crippen LogP contribution in [0.5, 0.6) is 11.8 Å². The van der Waals surface area contributed by atoms with Crippen LogP contribution in [0, 0.1) is 17.1 Å². The maximum absolute atomic E-state index is 14.2. The van der Waals surface area contributed by atoms with Crippen LogP contribution in [0.25, 0.3) is 0 Å². The Kier molecular flexibility index (Phi) is 7.63. The van der Waals surface area contributed by atoms with E-state index >= 15 is 0 Å². The van der Waals surface area contributed by atoms with Crippen LogP contribution in [0.2, 0.25) is 0 Å². The Morgan fingerprint density at radius 3 is 2.52 bits per heavy atom. The standard InChI is InChI=1S/C21H22F4N4O2/c22-18-15(4-3-5-17(18)21(23,24)25)14-30-19-20(28-10-9-27-19)31-16-6-12-29(13-7-16)11-2-1-8-26/h3-5,9-10,16H,1-2,6-7,11-14H2. The van der Waals surface area contributed by atoms with Crippen molar-refractivity contribution in [1.29, 1.82) is 5.26 Å². The number of nitrogens with zero attached hydrogens (tertiary/aromatic N) is 4. The third kappa shape index (κ3) is 6.28. The van der Waals surface area contributed by atoms with Crippen LogP contribution < -0.4 is 9.47 Å². The van der Waals surface area contributed by atoms with Gasteiger partial charge in [-0.3, -0.25) is 0 Å². The lowest BCUT2D eigenvalue weighted by Gasteiger charge is -2.31. The van der Waals surface area contributed by atoms with Gasteiger partial charge in [0.05, 0.1) is 11.6 Å². The average Bonchev–Trinajstić information content (AvgIpc) is 2.74. The number of halogens is 4. The zero-order valence-electron chi connectivity index (χ0n) is 16.7. The van der Waals surface area contributed by atoms with Crippen LogP contribution in [0.15, 0.2) is 30.6 Å². The fourth-order valence-corrected chi connectivity index (χ4v) is 3.34. The van der Waals surface area contributed by atoms with Gasteiger partial charge in [-0.25, -0.2) is 14.4 Å².